The number of carbonyl (C=O) groups is 2. The van der Waals surface area contributed by atoms with Crippen LogP contribution < -0.4 is 14.8 Å². The van der Waals surface area contributed by atoms with Gasteiger partial charge in [-0.15, -0.1) is 0 Å². The SMILES string of the molecule is COc1cc(OC)c2ccn(CC(=O)c3ccc(NC(C)=O)cc3)c2c1. The van der Waals surface area contributed by atoms with E-state index in [1.807, 2.05) is 29.0 Å². The van der Waals surface area contributed by atoms with E-state index in [1.165, 1.54) is 6.92 Å². The second-order valence-corrected chi connectivity index (χ2v) is 5.89. The molecule has 1 N–H and O–H groups in total. The third kappa shape index (κ3) is 3.54. The molecule has 6 heteroatoms. The number of nitrogens with zero attached hydrogens (tertiary/aromatic N) is 1. The topological polar surface area (TPSA) is 69.6 Å². The molecule has 1 amide bonds. The third-order valence-electron chi connectivity index (χ3n) is 4.12. The zero-order valence-electron chi connectivity index (χ0n) is 14.9. The number of hydrogen-bond acceptors (Lipinski definition) is 4. The molecule has 3 aromatic rings. The Kier molecular flexibility index (Phi) is 4.93. The van der Waals surface area contributed by atoms with Gasteiger partial charge < -0.3 is 19.4 Å². The zero-order valence-corrected chi connectivity index (χ0v) is 14.9. The van der Waals surface area contributed by atoms with Crippen LogP contribution in [0.25, 0.3) is 10.9 Å². The fourth-order valence-electron chi connectivity index (χ4n) is 2.85. The van der Waals surface area contributed by atoms with Gasteiger partial charge in [0, 0.05) is 41.9 Å². The van der Waals surface area contributed by atoms with Crippen LogP contribution in [0.3, 0.4) is 0 Å². The highest BCUT2D eigenvalue weighted by molar-refractivity contribution is 5.98. The van der Waals surface area contributed by atoms with Gasteiger partial charge in [0.15, 0.2) is 5.78 Å². The average Bonchev–Trinajstić information content (AvgIpc) is 3.03. The lowest BCUT2D eigenvalue weighted by Crippen LogP contribution is -2.10. The largest absolute Gasteiger partial charge is 0.497 e. The predicted molar refractivity (Wildman–Crippen MR) is 100 cm³/mol. The second-order valence-electron chi connectivity index (χ2n) is 5.89. The van der Waals surface area contributed by atoms with Gasteiger partial charge in [0.1, 0.15) is 11.5 Å². The summed E-state index contributed by atoms with van der Waals surface area (Å²) in [4.78, 5) is 23.7. The molecule has 0 saturated carbocycles. The highest BCUT2D eigenvalue weighted by Crippen LogP contribution is 2.32. The van der Waals surface area contributed by atoms with E-state index >= 15 is 0 Å². The standard InChI is InChI=1S/C20H20N2O4/c1-13(23)21-15-6-4-14(5-7-15)19(24)12-22-9-8-17-18(22)10-16(25-2)11-20(17)26-3/h4-11H,12H2,1-3H3,(H,21,23). The van der Waals surface area contributed by atoms with Gasteiger partial charge in [-0.05, 0) is 30.3 Å². The average molecular weight is 352 g/mol. The van der Waals surface area contributed by atoms with Crippen molar-refractivity contribution in [2.45, 2.75) is 13.5 Å². The van der Waals surface area contributed by atoms with Crippen LogP contribution in [0.5, 0.6) is 11.5 Å². The number of methoxy groups -OCH3 is 2. The first-order chi connectivity index (χ1) is 12.5. The van der Waals surface area contributed by atoms with Gasteiger partial charge in [-0.25, -0.2) is 0 Å². The van der Waals surface area contributed by atoms with Crippen molar-refractivity contribution in [1.82, 2.24) is 4.57 Å². The smallest absolute Gasteiger partial charge is 0.221 e. The van der Waals surface area contributed by atoms with Crippen LogP contribution in [0.1, 0.15) is 17.3 Å². The lowest BCUT2D eigenvalue weighted by Gasteiger charge is -2.09. The van der Waals surface area contributed by atoms with Crippen molar-refractivity contribution in [3.8, 4) is 11.5 Å². The molecule has 6 nitrogen and oxygen atoms in total. The molecule has 26 heavy (non-hydrogen) atoms. The van der Waals surface area contributed by atoms with E-state index in [0.717, 1.165) is 10.9 Å². The lowest BCUT2D eigenvalue weighted by molar-refractivity contribution is -0.114. The number of carbonyl (C=O) groups excluding carboxylic acids is 2. The number of ketones is 1. The van der Waals surface area contributed by atoms with E-state index in [0.29, 0.717) is 22.7 Å². The molecule has 0 saturated heterocycles. The van der Waals surface area contributed by atoms with Crippen LogP contribution in [-0.2, 0) is 11.3 Å². The number of benzene rings is 2. The first kappa shape index (κ1) is 17.5. The van der Waals surface area contributed by atoms with Crippen LogP contribution in [0, 0.1) is 0 Å². The van der Waals surface area contributed by atoms with Crippen molar-refractivity contribution in [3.63, 3.8) is 0 Å². The van der Waals surface area contributed by atoms with Crippen molar-refractivity contribution in [3.05, 3.63) is 54.2 Å². The molecule has 3 rings (SSSR count). The summed E-state index contributed by atoms with van der Waals surface area (Å²) in [6.07, 6.45) is 1.86. The van der Waals surface area contributed by atoms with E-state index in [2.05, 4.69) is 5.32 Å². The van der Waals surface area contributed by atoms with E-state index in [-0.39, 0.29) is 18.2 Å². The molecule has 0 aliphatic carbocycles. The van der Waals surface area contributed by atoms with Crippen LogP contribution in [0.4, 0.5) is 5.69 Å². The quantitative estimate of drug-likeness (QED) is 0.690. The summed E-state index contributed by atoms with van der Waals surface area (Å²) in [6, 6.07) is 12.5. The van der Waals surface area contributed by atoms with Crippen LogP contribution in [0.15, 0.2) is 48.7 Å². The number of rotatable bonds is 6. The first-order valence-corrected chi connectivity index (χ1v) is 8.13. The normalized spacial score (nSPS) is 10.6. The van der Waals surface area contributed by atoms with E-state index in [1.54, 1.807) is 38.5 Å². The number of fused-ring (bicyclic) bond motifs is 1. The Hall–Kier alpha value is -3.28. The van der Waals surface area contributed by atoms with Crippen LogP contribution in [-0.4, -0.2) is 30.5 Å². The molecule has 0 fully saturated rings. The molecule has 1 heterocycles. The van der Waals surface area contributed by atoms with Crippen LogP contribution in [0.2, 0.25) is 0 Å². The Morgan fingerprint density at radius 2 is 1.77 bits per heavy atom. The van der Waals surface area contributed by atoms with Gasteiger partial charge in [-0.1, -0.05) is 0 Å². The summed E-state index contributed by atoms with van der Waals surface area (Å²) in [5, 5.41) is 3.60. The predicted octanol–water partition coefficient (Wildman–Crippen LogP) is 3.50. The number of amides is 1. The molecule has 1 aromatic heterocycles. The zero-order chi connectivity index (χ0) is 18.7. The summed E-state index contributed by atoms with van der Waals surface area (Å²) in [5.74, 6) is 1.19. The number of aromatic nitrogens is 1. The molecule has 0 aliphatic rings. The summed E-state index contributed by atoms with van der Waals surface area (Å²) in [7, 11) is 3.20. The second kappa shape index (κ2) is 7.31. The molecular formula is C20H20N2O4. The Balaban J connectivity index is 1.86. The Bertz CT molecular complexity index is 958. The number of ether oxygens (including phenoxy) is 2. The molecule has 0 unspecified atom stereocenters. The number of anilines is 1. The molecule has 134 valence electrons. The maximum absolute atomic E-state index is 12.6. The highest BCUT2D eigenvalue weighted by atomic mass is 16.5. The van der Waals surface area contributed by atoms with E-state index < -0.39 is 0 Å². The number of Topliss-reactive ketones (excluding diaryl/α,β-unsaturated/α-hetero) is 1. The van der Waals surface area contributed by atoms with Gasteiger partial charge in [0.25, 0.3) is 0 Å². The van der Waals surface area contributed by atoms with Gasteiger partial charge in [-0.2, -0.15) is 0 Å². The molecule has 0 radical (unpaired) electrons. The number of hydrogen-bond donors (Lipinski definition) is 1. The van der Waals surface area contributed by atoms with Crippen LogP contribution >= 0.6 is 0 Å². The van der Waals surface area contributed by atoms with Gasteiger partial charge in [-0.3, -0.25) is 9.59 Å². The minimum Gasteiger partial charge on any atom is -0.497 e. The Morgan fingerprint density at radius 1 is 1.04 bits per heavy atom. The summed E-state index contributed by atoms with van der Waals surface area (Å²) in [6.45, 7) is 1.64. The first-order valence-electron chi connectivity index (χ1n) is 8.13. The monoisotopic (exact) mass is 352 g/mol. The molecule has 2 aromatic carbocycles. The summed E-state index contributed by atoms with van der Waals surface area (Å²) in [5.41, 5.74) is 2.11. The molecule has 0 aliphatic heterocycles. The molecular weight excluding hydrogens is 332 g/mol. The van der Waals surface area contributed by atoms with Crippen molar-refractivity contribution < 1.29 is 19.1 Å². The maximum Gasteiger partial charge on any atom is 0.221 e. The van der Waals surface area contributed by atoms with Gasteiger partial charge in [0.2, 0.25) is 5.91 Å². The van der Waals surface area contributed by atoms with Crippen molar-refractivity contribution >= 4 is 28.3 Å². The van der Waals surface area contributed by atoms with E-state index in [4.69, 9.17) is 9.47 Å². The maximum atomic E-state index is 12.6. The molecule has 0 atom stereocenters. The molecule has 0 bridgehead atoms. The Morgan fingerprint density at radius 3 is 2.38 bits per heavy atom. The van der Waals surface area contributed by atoms with Gasteiger partial charge >= 0.3 is 0 Å². The highest BCUT2D eigenvalue weighted by Gasteiger charge is 2.13. The Labute approximate surface area is 151 Å². The van der Waals surface area contributed by atoms with Gasteiger partial charge in [0.05, 0.1) is 26.3 Å². The lowest BCUT2D eigenvalue weighted by atomic mass is 10.1. The fraction of sp³-hybridized carbons (Fsp3) is 0.200. The fourth-order valence-corrected chi connectivity index (χ4v) is 2.85. The van der Waals surface area contributed by atoms with Crippen molar-refractivity contribution in [2.75, 3.05) is 19.5 Å². The summed E-state index contributed by atoms with van der Waals surface area (Å²) >= 11 is 0. The number of nitrogens with one attached hydrogen (secondary N) is 1. The molecule has 0 spiro atoms. The minimum absolute atomic E-state index is 0.0290. The van der Waals surface area contributed by atoms with E-state index in [9.17, 15) is 9.59 Å². The summed E-state index contributed by atoms with van der Waals surface area (Å²) < 4.78 is 12.6. The minimum atomic E-state index is -0.147. The third-order valence-corrected chi connectivity index (χ3v) is 4.12. The van der Waals surface area contributed by atoms with Crippen molar-refractivity contribution in [1.29, 1.82) is 0 Å². The van der Waals surface area contributed by atoms with Crippen molar-refractivity contribution in [2.24, 2.45) is 0 Å².